The van der Waals surface area contributed by atoms with Crippen molar-refractivity contribution in [3.63, 3.8) is 0 Å². The van der Waals surface area contributed by atoms with Crippen LogP contribution in [0.5, 0.6) is 0 Å². The van der Waals surface area contributed by atoms with Crippen LogP contribution >= 0.6 is 39.1 Å². The third-order valence-corrected chi connectivity index (χ3v) is 5.87. The second kappa shape index (κ2) is 6.94. The van der Waals surface area contributed by atoms with Crippen LogP contribution in [-0.4, -0.2) is 55.7 Å². The summed E-state index contributed by atoms with van der Waals surface area (Å²) >= 11 is 15.1. The Balaban J connectivity index is 2.15. The van der Waals surface area contributed by atoms with Crippen LogP contribution in [-0.2, 0) is 10.0 Å². The van der Waals surface area contributed by atoms with E-state index in [4.69, 9.17) is 23.2 Å². The first kappa shape index (κ1) is 16.5. The summed E-state index contributed by atoms with van der Waals surface area (Å²) in [6.07, 6.45) is 0. The molecule has 1 heterocycles. The maximum Gasteiger partial charge on any atom is 0.243 e. The molecular formula is C12H15BrCl2N2O2S. The highest BCUT2D eigenvalue weighted by atomic mass is 79.9. The average molecular weight is 402 g/mol. The lowest BCUT2D eigenvalue weighted by atomic mass is 10.4. The molecule has 1 saturated heterocycles. The fraction of sp³-hybridized carbons (Fsp3) is 0.500. The van der Waals surface area contributed by atoms with E-state index in [0.717, 1.165) is 25.0 Å². The molecule has 0 atom stereocenters. The van der Waals surface area contributed by atoms with Gasteiger partial charge in [0, 0.05) is 48.1 Å². The van der Waals surface area contributed by atoms with Crippen molar-refractivity contribution in [2.45, 2.75) is 4.90 Å². The van der Waals surface area contributed by atoms with Gasteiger partial charge in [-0.05, 0) is 18.2 Å². The largest absolute Gasteiger partial charge is 0.300 e. The molecule has 0 aromatic heterocycles. The highest BCUT2D eigenvalue weighted by Gasteiger charge is 2.28. The standard InChI is InChI=1S/C12H15BrCl2N2O2S/c13-1-2-16-3-5-17(6-4-16)20(18,19)12-8-10(14)7-11(15)9-12/h7-9H,1-6H2. The van der Waals surface area contributed by atoms with Gasteiger partial charge in [-0.3, -0.25) is 4.90 Å². The van der Waals surface area contributed by atoms with Gasteiger partial charge in [0.1, 0.15) is 0 Å². The van der Waals surface area contributed by atoms with Crippen LogP contribution in [0.4, 0.5) is 0 Å². The van der Waals surface area contributed by atoms with Crippen molar-refractivity contribution in [2.75, 3.05) is 38.1 Å². The van der Waals surface area contributed by atoms with E-state index in [0.29, 0.717) is 23.1 Å². The Labute approximate surface area is 137 Å². The first-order chi connectivity index (χ1) is 9.43. The van der Waals surface area contributed by atoms with Gasteiger partial charge in [0.2, 0.25) is 10.0 Å². The van der Waals surface area contributed by atoms with Crippen LogP contribution in [0.3, 0.4) is 0 Å². The van der Waals surface area contributed by atoms with Crippen molar-refractivity contribution in [1.82, 2.24) is 9.21 Å². The van der Waals surface area contributed by atoms with E-state index in [1.165, 1.54) is 22.5 Å². The molecule has 1 aliphatic rings. The SMILES string of the molecule is O=S(=O)(c1cc(Cl)cc(Cl)c1)N1CCN(CCBr)CC1. The van der Waals surface area contributed by atoms with Crippen LogP contribution in [0.2, 0.25) is 10.0 Å². The van der Waals surface area contributed by atoms with E-state index in [-0.39, 0.29) is 4.90 Å². The van der Waals surface area contributed by atoms with Crippen LogP contribution in [0.15, 0.2) is 23.1 Å². The van der Waals surface area contributed by atoms with Crippen molar-refractivity contribution >= 4 is 49.2 Å². The number of hydrogen-bond donors (Lipinski definition) is 0. The average Bonchev–Trinajstić information content (AvgIpc) is 2.38. The van der Waals surface area contributed by atoms with Gasteiger partial charge in [0.25, 0.3) is 0 Å². The molecule has 1 aromatic rings. The summed E-state index contributed by atoms with van der Waals surface area (Å²) in [6.45, 7) is 3.37. The van der Waals surface area contributed by atoms with Gasteiger partial charge in [0.05, 0.1) is 4.90 Å². The number of sulfonamides is 1. The zero-order valence-electron chi connectivity index (χ0n) is 10.7. The predicted molar refractivity (Wildman–Crippen MR) is 85.5 cm³/mol. The molecule has 0 spiro atoms. The maximum atomic E-state index is 12.5. The molecule has 112 valence electrons. The van der Waals surface area contributed by atoms with Gasteiger partial charge >= 0.3 is 0 Å². The molecule has 0 amide bonds. The number of alkyl halides is 1. The fourth-order valence-electron chi connectivity index (χ4n) is 2.14. The van der Waals surface area contributed by atoms with Gasteiger partial charge in [-0.2, -0.15) is 4.31 Å². The normalized spacial score (nSPS) is 18.4. The van der Waals surface area contributed by atoms with E-state index in [1.807, 2.05) is 0 Å². The van der Waals surface area contributed by atoms with Crippen molar-refractivity contribution in [3.05, 3.63) is 28.2 Å². The second-order valence-corrected chi connectivity index (χ2v) is 8.14. The number of piperazine rings is 1. The summed E-state index contributed by atoms with van der Waals surface area (Å²) in [7, 11) is -3.52. The Morgan fingerprint density at radius 1 is 1.05 bits per heavy atom. The summed E-state index contributed by atoms with van der Waals surface area (Å²) in [6, 6.07) is 4.40. The Morgan fingerprint density at radius 2 is 1.60 bits per heavy atom. The monoisotopic (exact) mass is 400 g/mol. The third-order valence-electron chi connectivity index (χ3n) is 3.21. The van der Waals surface area contributed by atoms with Crippen molar-refractivity contribution in [2.24, 2.45) is 0 Å². The van der Waals surface area contributed by atoms with Gasteiger partial charge in [-0.15, -0.1) is 0 Å². The maximum absolute atomic E-state index is 12.5. The van der Waals surface area contributed by atoms with E-state index < -0.39 is 10.0 Å². The molecule has 4 nitrogen and oxygen atoms in total. The molecule has 0 bridgehead atoms. The number of nitrogens with zero attached hydrogens (tertiary/aromatic N) is 2. The molecule has 8 heteroatoms. The zero-order valence-corrected chi connectivity index (χ0v) is 14.6. The summed E-state index contributed by atoms with van der Waals surface area (Å²) in [5, 5.41) is 1.55. The van der Waals surface area contributed by atoms with Gasteiger partial charge in [0.15, 0.2) is 0 Å². The van der Waals surface area contributed by atoms with Crippen LogP contribution in [0, 0.1) is 0 Å². The molecule has 0 unspecified atom stereocenters. The number of benzene rings is 1. The molecule has 1 aromatic carbocycles. The van der Waals surface area contributed by atoms with E-state index >= 15 is 0 Å². The predicted octanol–water partition coefficient (Wildman–Crippen LogP) is 2.69. The smallest absolute Gasteiger partial charge is 0.243 e. The van der Waals surface area contributed by atoms with E-state index in [2.05, 4.69) is 20.8 Å². The molecule has 0 saturated carbocycles. The lowest BCUT2D eigenvalue weighted by Gasteiger charge is -2.33. The molecule has 20 heavy (non-hydrogen) atoms. The molecule has 2 rings (SSSR count). The number of rotatable bonds is 4. The summed E-state index contributed by atoms with van der Waals surface area (Å²) in [5.74, 6) is 0. The minimum atomic E-state index is -3.52. The highest BCUT2D eigenvalue weighted by molar-refractivity contribution is 9.09. The van der Waals surface area contributed by atoms with Crippen molar-refractivity contribution < 1.29 is 8.42 Å². The lowest BCUT2D eigenvalue weighted by Crippen LogP contribution is -2.48. The quantitative estimate of drug-likeness (QED) is 0.728. The van der Waals surface area contributed by atoms with Crippen molar-refractivity contribution in [1.29, 1.82) is 0 Å². The Kier molecular flexibility index (Phi) is 5.73. The number of halogens is 3. The summed E-state index contributed by atoms with van der Waals surface area (Å²) in [5.41, 5.74) is 0. The second-order valence-electron chi connectivity index (χ2n) is 4.54. The molecular weight excluding hydrogens is 387 g/mol. The molecule has 1 fully saturated rings. The van der Waals surface area contributed by atoms with E-state index in [9.17, 15) is 8.42 Å². The summed E-state index contributed by atoms with van der Waals surface area (Å²) < 4.78 is 26.6. The van der Waals surface area contributed by atoms with Gasteiger partial charge < -0.3 is 0 Å². The van der Waals surface area contributed by atoms with Gasteiger partial charge in [-0.1, -0.05) is 39.1 Å². The minimum absolute atomic E-state index is 0.156. The number of hydrogen-bond acceptors (Lipinski definition) is 3. The highest BCUT2D eigenvalue weighted by Crippen LogP contribution is 2.25. The molecule has 1 aliphatic heterocycles. The fourth-order valence-corrected chi connectivity index (χ4v) is 4.79. The third kappa shape index (κ3) is 3.87. The van der Waals surface area contributed by atoms with Crippen LogP contribution < -0.4 is 0 Å². The molecule has 0 N–H and O–H groups in total. The Morgan fingerprint density at radius 3 is 2.10 bits per heavy atom. The minimum Gasteiger partial charge on any atom is -0.300 e. The zero-order chi connectivity index (χ0) is 14.8. The molecule has 0 radical (unpaired) electrons. The van der Waals surface area contributed by atoms with Crippen LogP contribution in [0.25, 0.3) is 0 Å². The van der Waals surface area contributed by atoms with Crippen molar-refractivity contribution in [3.8, 4) is 0 Å². The lowest BCUT2D eigenvalue weighted by molar-refractivity contribution is 0.198. The molecule has 0 aliphatic carbocycles. The van der Waals surface area contributed by atoms with E-state index in [1.54, 1.807) is 0 Å². The summed E-state index contributed by atoms with van der Waals surface area (Å²) in [4.78, 5) is 2.38. The topological polar surface area (TPSA) is 40.6 Å². The first-order valence-electron chi connectivity index (χ1n) is 6.18. The van der Waals surface area contributed by atoms with Gasteiger partial charge in [-0.25, -0.2) is 8.42 Å². The Hall–Kier alpha value is 0.150. The Bertz CT molecular complexity index is 555. The first-order valence-corrected chi connectivity index (χ1v) is 9.50. The van der Waals surface area contributed by atoms with Crippen LogP contribution in [0.1, 0.15) is 0 Å².